The van der Waals surface area contributed by atoms with Gasteiger partial charge in [-0.05, 0) is 12.5 Å². The molecule has 8 nitrogen and oxygen atoms in total. The summed E-state index contributed by atoms with van der Waals surface area (Å²) in [6.07, 6.45) is 0. The van der Waals surface area contributed by atoms with Gasteiger partial charge in [-0.1, -0.05) is 16.8 Å². The molecule has 0 spiro atoms. The molecule has 3 rings (SSSR count). The van der Waals surface area contributed by atoms with Gasteiger partial charge in [-0.3, -0.25) is 15.0 Å². The molecule has 0 radical (unpaired) electrons. The Morgan fingerprint density at radius 2 is 2.00 bits per heavy atom. The van der Waals surface area contributed by atoms with E-state index >= 15 is 0 Å². The Morgan fingerprint density at radius 3 is 2.54 bits per heavy atom. The highest BCUT2D eigenvalue weighted by Crippen LogP contribution is 2.34. The highest BCUT2D eigenvalue weighted by Gasteiger charge is 2.23. The van der Waals surface area contributed by atoms with Gasteiger partial charge in [0.25, 0.3) is 5.69 Å². The molecule has 24 heavy (non-hydrogen) atoms. The fraction of sp³-hybridized carbons (Fsp3) is 0.467. The number of aryl methyl sites for hydroxylation is 2. The molecule has 1 fully saturated rings. The molecular formula is C15H18ClN5O3. The van der Waals surface area contributed by atoms with E-state index in [4.69, 9.17) is 16.1 Å². The number of non-ortho nitro benzene ring substituents is 1. The molecule has 0 N–H and O–H groups in total. The molecule has 0 aliphatic carbocycles. The van der Waals surface area contributed by atoms with Crippen LogP contribution in [-0.4, -0.2) is 46.1 Å². The van der Waals surface area contributed by atoms with Crippen molar-refractivity contribution >= 4 is 23.0 Å². The maximum atomic E-state index is 10.9. The van der Waals surface area contributed by atoms with Gasteiger partial charge in [0.15, 0.2) is 5.82 Å². The molecule has 1 aromatic carbocycles. The highest BCUT2D eigenvalue weighted by atomic mass is 35.5. The van der Waals surface area contributed by atoms with Crippen LogP contribution < -0.4 is 4.90 Å². The zero-order valence-electron chi connectivity index (χ0n) is 13.5. The van der Waals surface area contributed by atoms with Crippen LogP contribution in [0, 0.1) is 24.0 Å². The fourth-order valence-electron chi connectivity index (χ4n) is 2.96. The molecular weight excluding hydrogens is 334 g/mol. The Morgan fingerprint density at radius 1 is 1.29 bits per heavy atom. The molecule has 1 aromatic heterocycles. The number of rotatable bonds is 4. The molecule has 9 heteroatoms. The van der Waals surface area contributed by atoms with E-state index in [1.165, 1.54) is 6.07 Å². The largest absolute Gasteiger partial charge is 0.368 e. The summed E-state index contributed by atoms with van der Waals surface area (Å²) in [5, 5.41) is 15.3. The van der Waals surface area contributed by atoms with Gasteiger partial charge in [0.05, 0.1) is 22.2 Å². The summed E-state index contributed by atoms with van der Waals surface area (Å²) in [6, 6.07) is 2.98. The van der Waals surface area contributed by atoms with E-state index in [0.717, 1.165) is 37.4 Å². The minimum Gasteiger partial charge on any atom is -0.368 e. The molecule has 2 heterocycles. The lowest BCUT2D eigenvalue weighted by Crippen LogP contribution is -2.46. The van der Waals surface area contributed by atoms with Crippen LogP contribution in [0.3, 0.4) is 0 Å². The first-order chi connectivity index (χ1) is 11.4. The zero-order chi connectivity index (χ0) is 17.3. The van der Waals surface area contributed by atoms with Gasteiger partial charge in [0.2, 0.25) is 5.89 Å². The summed E-state index contributed by atoms with van der Waals surface area (Å²) in [6.45, 7) is 7.51. The second-order valence-corrected chi connectivity index (χ2v) is 6.25. The third-order valence-corrected chi connectivity index (χ3v) is 4.36. The minimum atomic E-state index is -0.423. The standard InChI is InChI=1S/C15H18ClN5O3/c1-10-7-12(21(22)23)8-13(16)15(10)20-5-3-19(4-6-20)9-14-17-11(2)24-18-14/h7-8H,3-6,9H2,1-2H3. The van der Waals surface area contributed by atoms with Crippen molar-refractivity contribution in [1.82, 2.24) is 15.0 Å². The predicted octanol–water partition coefficient (Wildman–Crippen LogP) is 2.57. The van der Waals surface area contributed by atoms with E-state index in [1.54, 1.807) is 13.0 Å². The molecule has 1 aliphatic rings. The maximum Gasteiger partial charge on any atom is 0.271 e. The normalized spacial score (nSPS) is 15.7. The summed E-state index contributed by atoms with van der Waals surface area (Å²) in [5.41, 5.74) is 1.71. The number of benzene rings is 1. The predicted molar refractivity (Wildman–Crippen MR) is 89.4 cm³/mol. The number of piperazine rings is 1. The molecule has 128 valence electrons. The second kappa shape index (κ2) is 6.74. The van der Waals surface area contributed by atoms with E-state index in [9.17, 15) is 10.1 Å². The molecule has 0 bridgehead atoms. The maximum absolute atomic E-state index is 10.9. The van der Waals surface area contributed by atoms with Crippen molar-refractivity contribution in [2.75, 3.05) is 31.1 Å². The van der Waals surface area contributed by atoms with Gasteiger partial charge < -0.3 is 9.42 Å². The van der Waals surface area contributed by atoms with Crippen molar-refractivity contribution in [1.29, 1.82) is 0 Å². The van der Waals surface area contributed by atoms with E-state index in [2.05, 4.69) is 19.9 Å². The molecule has 2 aromatic rings. The molecule has 0 amide bonds. The van der Waals surface area contributed by atoms with E-state index in [-0.39, 0.29) is 5.69 Å². The number of anilines is 1. The first-order valence-electron chi connectivity index (χ1n) is 7.65. The number of hydrogen-bond acceptors (Lipinski definition) is 7. The van der Waals surface area contributed by atoms with E-state index in [0.29, 0.717) is 23.3 Å². The number of hydrogen-bond donors (Lipinski definition) is 0. The van der Waals surface area contributed by atoms with Crippen LogP contribution in [0.25, 0.3) is 0 Å². The minimum absolute atomic E-state index is 0.0207. The van der Waals surface area contributed by atoms with Crippen LogP contribution >= 0.6 is 11.6 Å². The van der Waals surface area contributed by atoms with Crippen LogP contribution in [0.15, 0.2) is 16.7 Å². The number of nitrogens with zero attached hydrogens (tertiary/aromatic N) is 5. The Balaban J connectivity index is 1.67. The van der Waals surface area contributed by atoms with Crippen LogP contribution in [-0.2, 0) is 6.54 Å². The van der Waals surface area contributed by atoms with Crippen LogP contribution in [0.1, 0.15) is 17.3 Å². The fourth-order valence-corrected chi connectivity index (χ4v) is 3.34. The van der Waals surface area contributed by atoms with Gasteiger partial charge in [-0.25, -0.2) is 0 Å². The number of halogens is 1. The first kappa shape index (κ1) is 16.7. The van der Waals surface area contributed by atoms with Crippen molar-refractivity contribution in [2.45, 2.75) is 20.4 Å². The lowest BCUT2D eigenvalue weighted by molar-refractivity contribution is -0.384. The number of nitro benzene ring substituents is 1. The second-order valence-electron chi connectivity index (χ2n) is 5.84. The van der Waals surface area contributed by atoms with E-state index in [1.807, 2.05) is 6.92 Å². The SMILES string of the molecule is Cc1nc(CN2CCN(c3c(C)cc([N+](=O)[O-])cc3Cl)CC2)no1. The highest BCUT2D eigenvalue weighted by molar-refractivity contribution is 6.33. The molecule has 0 saturated carbocycles. The van der Waals surface area contributed by atoms with Gasteiger partial charge in [-0.15, -0.1) is 0 Å². The van der Waals surface area contributed by atoms with Crippen LogP contribution in [0.2, 0.25) is 5.02 Å². The summed E-state index contributed by atoms with van der Waals surface area (Å²) < 4.78 is 4.99. The Bertz CT molecular complexity index is 732. The quantitative estimate of drug-likeness (QED) is 0.617. The monoisotopic (exact) mass is 351 g/mol. The summed E-state index contributed by atoms with van der Waals surface area (Å²) >= 11 is 6.29. The average Bonchev–Trinajstić information content (AvgIpc) is 2.93. The third kappa shape index (κ3) is 3.49. The third-order valence-electron chi connectivity index (χ3n) is 4.07. The van der Waals surface area contributed by atoms with Crippen LogP contribution in [0.5, 0.6) is 0 Å². The Labute approximate surface area is 144 Å². The molecule has 0 atom stereocenters. The first-order valence-corrected chi connectivity index (χ1v) is 8.03. The Hall–Kier alpha value is -2.19. The van der Waals surface area contributed by atoms with Crippen molar-refractivity contribution in [3.63, 3.8) is 0 Å². The lowest BCUT2D eigenvalue weighted by atomic mass is 10.1. The lowest BCUT2D eigenvalue weighted by Gasteiger charge is -2.36. The molecule has 0 unspecified atom stereocenters. The summed E-state index contributed by atoms with van der Waals surface area (Å²) in [5.74, 6) is 1.25. The van der Waals surface area contributed by atoms with Crippen molar-refractivity contribution < 1.29 is 9.45 Å². The molecule has 1 saturated heterocycles. The van der Waals surface area contributed by atoms with Crippen molar-refractivity contribution in [3.05, 3.63) is 44.5 Å². The van der Waals surface area contributed by atoms with Crippen LogP contribution in [0.4, 0.5) is 11.4 Å². The van der Waals surface area contributed by atoms with Crippen molar-refractivity contribution in [2.24, 2.45) is 0 Å². The van der Waals surface area contributed by atoms with Gasteiger partial charge in [0.1, 0.15) is 0 Å². The van der Waals surface area contributed by atoms with Gasteiger partial charge in [0, 0.05) is 45.2 Å². The summed E-state index contributed by atoms with van der Waals surface area (Å²) in [7, 11) is 0. The van der Waals surface area contributed by atoms with Gasteiger partial charge >= 0.3 is 0 Å². The smallest absolute Gasteiger partial charge is 0.271 e. The zero-order valence-corrected chi connectivity index (χ0v) is 14.3. The average molecular weight is 352 g/mol. The van der Waals surface area contributed by atoms with E-state index < -0.39 is 4.92 Å². The topological polar surface area (TPSA) is 88.5 Å². The summed E-state index contributed by atoms with van der Waals surface area (Å²) in [4.78, 5) is 19.1. The number of aromatic nitrogens is 2. The number of nitro groups is 1. The Kier molecular flexibility index (Phi) is 4.68. The van der Waals surface area contributed by atoms with Crippen molar-refractivity contribution in [3.8, 4) is 0 Å². The van der Waals surface area contributed by atoms with Gasteiger partial charge in [-0.2, -0.15) is 4.98 Å². The molecule has 1 aliphatic heterocycles.